The van der Waals surface area contributed by atoms with Gasteiger partial charge in [-0.05, 0) is 29.8 Å². The number of nitrogens with zero attached hydrogens (tertiary/aromatic N) is 1. The molecule has 0 radical (unpaired) electrons. The van der Waals surface area contributed by atoms with Crippen LogP contribution in [0, 0.1) is 5.82 Å². The summed E-state index contributed by atoms with van der Waals surface area (Å²) < 4.78 is 14.6. The largest absolute Gasteiger partial charge is 0.271 e. The predicted octanol–water partition coefficient (Wildman–Crippen LogP) is 3.19. The lowest BCUT2D eigenvalue weighted by Gasteiger charge is -2.17. The monoisotopic (exact) mass is 329 g/mol. The molecule has 0 amide bonds. The lowest BCUT2D eigenvalue weighted by Crippen LogP contribution is -2.29. The molecule has 0 bridgehead atoms. The third-order valence-corrected chi connectivity index (χ3v) is 3.24. The van der Waals surface area contributed by atoms with Crippen molar-refractivity contribution in [2.24, 2.45) is 5.84 Å². The van der Waals surface area contributed by atoms with Crippen molar-refractivity contribution in [1.82, 2.24) is 10.4 Å². The Morgan fingerprint density at radius 1 is 1.33 bits per heavy atom. The number of hydrogen-bond donors (Lipinski definition) is 2. The van der Waals surface area contributed by atoms with Gasteiger partial charge in [-0.3, -0.25) is 5.84 Å². The summed E-state index contributed by atoms with van der Waals surface area (Å²) in [5, 5.41) is 0.379. The first-order chi connectivity index (χ1) is 8.61. The van der Waals surface area contributed by atoms with Gasteiger partial charge in [0.2, 0.25) is 0 Å². The summed E-state index contributed by atoms with van der Waals surface area (Å²) in [6.45, 7) is 0. The van der Waals surface area contributed by atoms with Crippen LogP contribution in [0.15, 0.2) is 41.0 Å². The summed E-state index contributed by atoms with van der Waals surface area (Å²) in [6, 6.07) is 7.60. The molecule has 1 aromatic carbocycles. The van der Waals surface area contributed by atoms with Crippen LogP contribution in [0.2, 0.25) is 5.15 Å². The number of pyridine rings is 1. The fourth-order valence-corrected chi connectivity index (χ4v) is 2.15. The molecule has 94 valence electrons. The van der Waals surface area contributed by atoms with Gasteiger partial charge >= 0.3 is 0 Å². The minimum absolute atomic E-state index is 0.337. The molecule has 1 heterocycles. The van der Waals surface area contributed by atoms with E-state index in [4.69, 9.17) is 17.4 Å². The molecule has 2 rings (SSSR count). The Hall–Kier alpha value is -1.01. The van der Waals surface area contributed by atoms with Crippen LogP contribution in [-0.2, 0) is 0 Å². The van der Waals surface area contributed by atoms with Gasteiger partial charge in [0.25, 0.3) is 0 Å². The highest BCUT2D eigenvalue weighted by molar-refractivity contribution is 9.10. The van der Waals surface area contributed by atoms with Crippen molar-refractivity contribution in [2.75, 3.05) is 0 Å². The zero-order valence-electron chi connectivity index (χ0n) is 9.20. The fraction of sp³-hybridized carbons (Fsp3) is 0.0833. The Balaban J connectivity index is 2.44. The van der Waals surface area contributed by atoms with Crippen LogP contribution in [0.3, 0.4) is 0 Å². The Morgan fingerprint density at radius 2 is 2.11 bits per heavy atom. The van der Waals surface area contributed by atoms with E-state index >= 15 is 0 Å². The molecule has 0 saturated carbocycles. The SMILES string of the molecule is NNC(c1ccc(Cl)nc1)c1cc(Br)ccc1F. The topological polar surface area (TPSA) is 50.9 Å². The number of nitrogens with two attached hydrogens (primary N) is 1. The normalized spacial score (nSPS) is 12.4. The highest BCUT2D eigenvalue weighted by Crippen LogP contribution is 2.26. The third kappa shape index (κ3) is 2.87. The van der Waals surface area contributed by atoms with Crippen molar-refractivity contribution in [3.05, 3.63) is 63.1 Å². The molecule has 0 aliphatic heterocycles. The first-order valence-electron chi connectivity index (χ1n) is 5.14. The number of nitrogens with one attached hydrogen (secondary N) is 1. The van der Waals surface area contributed by atoms with E-state index in [0.717, 1.165) is 10.0 Å². The number of hydrogen-bond acceptors (Lipinski definition) is 3. The van der Waals surface area contributed by atoms with Crippen molar-refractivity contribution >= 4 is 27.5 Å². The van der Waals surface area contributed by atoms with E-state index in [9.17, 15) is 4.39 Å². The molecule has 3 nitrogen and oxygen atoms in total. The van der Waals surface area contributed by atoms with Crippen LogP contribution in [0.5, 0.6) is 0 Å². The van der Waals surface area contributed by atoms with Gasteiger partial charge in [-0.25, -0.2) is 14.8 Å². The van der Waals surface area contributed by atoms with Crippen LogP contribution >= 0.6 is 27.5 Å². The number of halogens is 3. The number of rotatable bonds is 3. The van der Waals surface area contributed by atoms with Crippen molar-refractivity contribution < 1.29 is 4.39 Å². The zero-order chi connectivity index (χ0) is 13.1. The summed E-state index contributed by atoms with van der Waals surface area (Å²) in [6.07, 6.45) is 1.56. The lowest BCUT2D eigenvalue weighted by molar-refractivity contribution is 0.559. The molecule has 2 aromatic rings. The zero-order valence-corrected chi connectivity index (χ0v) is 11.5. The maximum atomic E-state index is 13.8. The van der Waals surface area contributed by atoms with Gasteiger partial charge in [0.1, 0.15) is 11.0 Å². The van der Waals surface area contributed by atoms with Gasteiger partial charge in [-0.2, -0.15) is 0 Å². The lowest BCUT2D eigenvalue weighted by atomic mass is 10.0. The van der Waals surface area contributed by atoms with Gasteiger partial charge in [-0.1, -0.05) is 33.6 Å². The minimum Gasteiger partial charge on any atom is -0.271 e. The fourth-order valence-electron chi connectivity index (χ4n) is 1.66. The molecular weight excluding hydrogens is 321 g/mol. The van der Waals surface area contributed by atoms with Crippen LogP contribution in [-0.4, -0.2) is 4.98 Å². The van der Waals surface area contributed by atoms with E-state index in [1.165, 1.54) is 6.07 Å². The van der Waals surface area contributed by atoms with E-state index in [1.807, 2.05) is 0 Å². The Bertz CT molecular complexity index is 548. The molecule has 3 N–H and O–H groups in total. The van der Waals surface area contributed by atoms with Crippen molar-refractivity contribution in [3.63, 3.8) is 0 Å². The molecule has 0 aliphatic carbocycles. The van der Waals surface area contributed by atoms with Crippen molar-refractivity contribution in [1.29, 1.82) is 0 Å². The summed E-state index contributed by atoms with van der Waals surface area (Å²) in [5.41, 5.74) is 3.75. The quantitative estimate of drug-likeness (QED) is 0.516. The minimum atomic E-state index is -0.479. The summed E-state index contributed by atoms with van der Waals surface area (Å²) in [7, 11) is 0. The van der Waals surface area contributed by atoms with E-state index in [-0.39, 0.29) is 5.82 Å². The Labute approximate surface area is 117 Å². The van der Waals surface area contributed by atoms with E-state index in [1.54, 1.807) is 30.5 Å². The highest BCUT2D eigenvalue weighted by atomic mass is 79.9. The average molecular weight is 331 g/mol. The molecule has 0 spiro atoms. The van der Waals surface area contributed by atoms with Gasteiger partial charge in [-0.15, -0.1) is 0 Å². The van der Waals surface area contributed by atoms with Gasteiger partial charge in [0, 0.05) is 16.2 Å². The predicted molar refractivity (Wildman–Crippen MR) is 72.5 cm³/mol. The van der Waals surface area contributed by atoms with Crippen LogP contribution in [0.25, 0.3) is 0 Å². The molecule has 0 fully saturated rings. The van der Waals surface area contributed by atoms with Gasteiger partial charge in [0.15, 0.2) is 0 Å². The van der Waals surface area contributed by atoms with Crippen LogP contribution in [0.1, 0.15) is 17.2 Å². The Kier molecular flexibility index (Phi) is 4.29. The summed E-state index contributed by atoms with van der Waals surface area (Å²) in [4.78, 5) is 3.96. The molecule has 1 atom stereocenters. The smallest absolute Gasteiger partial charge is 0.129 e. The standard InChI is InChI=1S/C12H10BrClFN3/c13-8-2-3-10(15)9(5-8)12(18-16)7-1-4-11(14)17-6-7/h1-6,12,18H,16H2. The number of aromatic nitrogens is 1. The van der Waals surface area contributed by atoms with E-state index < -0.39 is 6.04 Å². The van der Waals surface area contributed by atoms with E-state index in [0.29, 0.717) is 10.7 Å². The second-order valence-corrected chi connectivity index (χ2v) is 4.98. The second kappa shape index (κ2) is 5.75. The maximum Gasteiger partial charge on any atom is 0.129 e. The van der Waals surface area contributed by atoms with Crippen molar-refractivity contribution in [2.45, 2.75) is 6.04 Å². The summed E-state index contributed by atoms with van der Waals surface area (Å²) >= 11 is 9.02. The molecule has 18 heavy (non-hydrogen) atoms. The molecule has 1 unspecified atom stereocenters. The molecule has 6 heteroatoms. The van der Waals surface area contributed by atoms with Crippen LogP contribution in [0.4, 0.5) is 4.39 Å². The summed E-state index contributed by atoms with van der Waals surface area (Å²) in [5.74, 6) is 5.16. The maximum absolute atomic E-state index is 13.8. The second-order valence-electron chi connectivity index (χ2n) is 3.68. The molecule has 0 saturated heterocycles. The number of benzene rings is 1. The van der Waals surface area contributed by atoms with Gasteiger partial charge in [0.05, 0.1) is 6.04 Å². The first-order valence-corrected chi connectivity index (χ1v) is 6.31. The Morgan fingerprint density at radius 3 is 2.72 bits per heavy atom. The molecule has 0 aliphatic rings. The van der Waals surface area contributed by atoms with Crippen LogP contribution < -0.4 is 11.3 Å². The highest BCUT2D eigenvalue weighted by Gasteiger charge is 2.17. The van der Waals surface area contributed by atoms with Crippen molar-refractivity contribution in [3.8, 4) is 0 Å². The number of hydrazine groups is 1. The van der Waals surface area contributed by atoms with Gasteiger partial charge < -0.3 is 0 Å². The molecule has 1 aromatic heterocycles. The molecular formula is C12H10BrClFN3. The third-order valence-electron chi connectivity index (χ3n) is 2.52. The first kappa shape index (κ1) is 13.4. The average Bonchev–Trinajstić information content (AvgIpc) is 2.37. The van der Waals surface area contributed by atoms with E-state index in [2.05, 4.69) is 26.3 Å².